The summed E-state index contributed by atoms with van der Waals surface area (Å²) in [5, 5.41) is 20.0. The first-order chi connectivity index (χ1) is 5.93. The highest BCUT2D eigenvalue weighted by molar-refractivity contribution is 5.15. The van der Waals surface area contributed by atoms with Gasteiger partial charge in [-0.3, -0.25) is 0 Å². The van der Waals surface area contributed by atoms with E-state index in [0.717, 1.165) is 12.8 Å². The molecule has 0 aliphatic rings. The van der Waals surface area contributed by atoms with Gasteiger partial charge in [-0.2, -0.15) is 0 Å². The maximum Gasteiger partial charge on any atom is 0.150 e. The number of aliphatic hydroxyl groups is 2. The summed E-state index contributed by atoms with van der Waals surface area (Å²) < 4.78 is 0. The molecule has 0 saturated heterocycles. The largest absolute Gasteiger partial charge is 0.386 e. The molecule has 0 aliphatic carbocycles. The first-order valence-corrected chi connectivity index (χ1v) is 4.86. The number of hydrogen-bond donors (Lipinski definition) is 2. The molecule has 0 rings (SSSR count). The molecule has 2 nitrogen and oxygen atoms in total. The first-order valence-electron chi connectivity index (χ1n) is 4.86. The molecule has 0 amide bonds. The second-order valence-corrected chi connectivity index (χ2v) is 3.75. The Morgan fingerprint density at radius 2 is 1.54 bits per heavy atom. The van der Waals surface area contributed by atoms with Gasteiger partial charge in [-0.05, 0) is 19.8 Å². The fraction of sp³-hybridized carbons (Fsp3) is 0.818. The molecule has 2 heteroatoms. The highest BCUT2D eigenvalue weighted by atomic mass is 16.4. The molecular weight excluding hydrogens is 164 g/mol. The molecular formula is C11H20O2. The Labute approximate surface area is 81.0 Å². The van der Waals surface area contributed by atoms with Crippen molar-refractivity contribution in [3.63, 3.8) is 0 Å². The van der Waals surface area contributed by atoms with Crippen LogP contribution in [-0.4, -0.2) is 21.4 Å². The van der Waals surface area contributed by atoms with E-state index in [1.165, 1.54) is 6.92 Å². The van der Waals surface area contributed by atoms with Gasteiger partial charge >= 0.3 is 0 Å². The lowest BCUT2D eigenvalue weighted by molar-refractivity contribution is -0.117. The van der Waals surface area contributed by atoms with Crippen LogP contribution < -0.4 is 0 Å². The van der Waals surface area contributed by atoms with Gasteiger partial charge in [-0.1, -0.05) is 32.6 Å². The van der Waals surface area contributed by atoms with Crippen LogP contribution in [-0.2, 0) is 0 Å². The van der Waals surface area contributed by atoms with Crippen molar-refractivity contribution in [2.75, 3.05) is 0 Å². The van der Waals surface area contributed by atoms with Crippen molar-refractivity contribution in [3.8, 4) is 12.3 Å². The summed E-state index contributed by atoms with van der Waals surface area (Å²) in [6.45, 7) is 5.43. The van der Waals surface area contributed by atoms with Gasteiger partial charge < -0.3 is 10.2 Å². The third kappa shape index (κ3) is 2.72. The predicted molar refractivity (Wildman–Crippen MR) is 54.2 cm³/mol. The summed E-state index contributed by atoms with van der Waals surface area (Å²) in [5.41, 5.74) is -2.55. The number of rotatable bonds is 5. The molecule has 13 heavy (non-hydrogen) atoms. The van der Waals surface area contributed by atoms with Crippen LogP contribution in [0.5, 0.6) is 0 Å². The Morgan fingerprint density at radius 3 is 1.77 bits per heavy atom. The lowest BCUT2D eigenvalue weighted by Gasteiger charge is -2.37. The van der Waals surface area contributed by atoms with E-state index < -0.39 is 11.2 Å². The van der Waals surface area contributed by atoms with Crippen molar-refractivity contribution >= 4 is 0 Å². The fourth-order valence-corrected chi connectivity index (χ4v) is 1.57. The smallest absolute Gasteiger partial charge is 0.150 e. The van der Waals surface area contributed by atoms with Gasteiger partial charge in [-0.15, -0.1) is 6.42 Å². The number of hydrogen-bond acceptors (Lipinski definition) is 2. The van der Waals surface area contributed by atoms with Crippen molar-refractivity contribution < 1.29 is 10.2 Å². The van der Waals surface area contributed by atoms with E-state index in [-0.39, 0.29) is 0 Å². The van der Waals surface area contributed by atoms with Gasteiger partial charge in [0.15, 0.2) is 5.60 Å². The van der Waals surface area contributed by atoms with Crippen LogP contribution >= 0.6 is 0 Å². The SMILES string of the molecule is C#CC(C)(O)C(O)(CCC)CCC. The zero-order valence-electron chi connectivity index (χ0n) is 8.80. The highest BCUT2D eigenvalue weighted by Crippen LogP contribution is 2.31. The minimum atomic E-state index is -1.42. The van der Waals surface area contributed by atoms with E-state index in [9.17, 15) is 10.2 Å². The Kier molecular flexibility index (Phi) is 4.46. The van der Waals surface area contributed by atoms with E-state index in [1.54, 1.807) is 0 Å². The summed E-state index contributed by atoms with van der Waals surface area (Å²) in [6.07, 6.45) is 7.90. The standard InChI is InChI=1S/C11H20O2/c1-5-8-11(13,9-6-2)10(4,12)7-3/h3,12-13H,5-6,8-9H2,1-2,4H3. The molecule has 2 N–H and O–H groups in total. The molecule has 76 valence electrons. The van der Waals surface area contributed by atoms with E-state index in [0.29, 0.717) is 12.8 Å². The second kappa shape index (κ2) is 4.64. The van der Waals surface area contributed by atoms with Gasteiger partial charge in [0.1, 0.15) is 5.60 Å². The molecule has 0 fully saturated rings. The molecule has 0 saturated carbocycles. The minimum Gasteiger partial charge on any atom is -0.386 e. The van der Waals surface area contributed by atoms with E-state index >= 15 is 0 Å². The third-order valence-corrected chi connectivity index (χ3v) is 2.51. The molecule has 1 atom stereocenters. The maximum atomic E-state index is 10.1. The normalized spacial score (nSPS) is 16.3. The summed E-state index contributed by atoms with van der Waals surface area (Å²) in [6, 6.07) is 0. The van der Waals surface area contributed by atoms with Crippen LogP contribution in [0.25, 0.3) is 0 Å². The topological polar surface area (TPSA) is 40.5 Å². The quantitative estimate of drug-likeness (QED) is 0.638. The molecule has 0 heterocycles. The van der Waals surface area contributed by atoms with E-state index in [2.05, 4.69) is 5.92 Å². The zero-order chi connectivity index (χ0) is 10.5. The molecule has 0 aliphatic heterocycles. The van der Waals surface area contributed by atoms with Gasteiger partial charge in [-0.25, -0.2) is 0 Å². The average Bonchev–Trinajstić information content (AvgIpc) is 2.05. The molecule has 0 aromatic rings. The molecule has 1 unspecified atom stereocenters. The molecule has 0 aromatic heterocycles. The van der Waals surface area contributed by atoms with Crippen molar-refractivity contribution in [2.45, 2.75) is 57.7 Å². The summed E-state index contributed by atoms with van der Waals surface area (Å²) in [7, 11) is 0. The third-order valence-electron chi connectivity index (χ3n) is 2.51. The fourth-order valence-electron chi connectivity index (χ4n) is 1.57. The lowest BCUT2D eigenvalue weighted by Crippen LogP contribution is -2.51. The Balaban J connectivity index is 4.68. The van der Waals surface area contributed by atoms with E-state index in [4.69, 9.17) is 6.42 Å². The lowest BCUT2D eigenvalue weighted by atomic mass is 9.78. The van der Waals surface area contributed by atoms with Crippen molar-refractivity contribution in [1.29, 1.82) is 0 Å². The maximum absolute atomic E-state index is 10.1. The molecule has 0 spiro atoms. The van der Waals surface area contributed by atoms with Crippen molar-refractivity contribution in [3.05, 3.63) is 0 Å². The Hall–Kier alpha value is -0.520. The monoisotopic (exact) mass is 184 g/mol. The molecule has 0 aromatic carbocycles. The molecule has 0 bridgehead atoms. The van der Waals surface area contributed by atoms with Gasteiger partial charge in [0.25, 0.3) is 0 Å². The van der Waals surface area contributed by atoms with Crippen LogP contribution in [0.4, 0.5) is 0 Å². The van der Waals surface area contributed by atoms with Crippen LogP contribution in [0.2, 0.25) is 0 Å². The van der Waals surface area contributed by atoms with Crippen LogP contribution in [0.15, 0.2) is 0 Å². The summed E-state index contributed by atoms with van der Waals surface area (Å²) in [4.78, 5) is 0. The zero-order valence-corrected chi connectivity index (χ0v) is 8.80. The first kappa shape index (κ1) is 12.5. The Bertz CT molecular complexity index is 183. The van der Waals surface area contributed by atoms with Gasteiger partial charge in [0, 0.05) is 0 Å². The summed E-state index contributed by atoms with van der Waals surface area (Å²) >= 11 is 0. The van der Waals surface area contributed by atoms with Gasteiger partial charge in [0.2, 0.25) is 0 Å². The highest BCUT2D eigenvalue weighted by Gasteiger charge is 2.42. The predicted octanol–water partition coefficient (Wildman–Crippen LogP) is 1.70. The number of terminal acetylenes is 1. The summed E-state index contributed by atoms with van der Waals surface area (Å²) in [5.74, 6) is 2.26. The Morgan fingerprint density at radius 1 is 1.15 bits per heavy atom. The van der Waals surface area contributed by atoms with E-state index in [1.807, 2.05) is 13.8 Å². The molecule has 0 radical (unpaired) electrons. The van der Waals surface area contributed by atoms with Crippen LogP contribution in [0, 0.1) is 12.3 Å². The minimum absolute atomic E-state index is 0.540. The van der Waals surface area contributed by atoms with Crippen LogP contribution in [0.1, 0.15) is 46.5 Å². The van der Waals surface area contributed by atoms with Crippen molar-refractivity contribution in [1.82, 2.24) is 0 Å². The second-order valence-electron chi connectivity index (χ2n) is 3.75. The van der Waals surface area contributed by atoms with Gasteiger partial charge in [0.05, 0.1) is 0 Å². The van der Waals surface area contributed by atoms with Crippen LogP contribution in [0.3, 0.4) is 0 Å². The van der Waals surface area contributed by atoms with Crippen molar-refractivity contribution in [2.24, 2.45) is 0 Å². The average molecular weight is 184 g/mol.